The van der Waals surface area contributed by atoms with E-state index in [-0.39, 0.29) is 10.7 Å². The molecular formula is C14H14N6O3S. The second-order valence-electron chi connectivity index (χ2n) is 4.65. The number of anilines is 1. The number of sulfonamides is 1. The van der Waals surface area contributed by atoms with Gasteiger partial charge in [0.05, 0.1) is 17.2 Å². The third kappa shape index (κ3) is 3.49. The lowest BCUT2D eigenvalue weighted by Gasteiger charge is -2.09. The molecule has 0 aliphatic rings. The van der Waals surface area contributed by atoms with E-state index < -0.39 is 10.0 Å². The molecule has 0 unspecified atom stereocenters. The van der Waals surface area contributed by atoms with E-state index in [2.05, 4.69) is 25.2 Å². The van der Waals surface area contributed by atoms with E-state index in [9.17, 15) is 8.42 Å². The van der Waals surface area contributed by atoms with Gasteiger partial charge in [-0.05, 0) is 41.6 Å². The smallest absolute Gasteiger partial charge is 0.263 e. The topological polar surface area (TPSA) is 112 Å². The fourth-order valence-electron chi connectivity index (χ4n) is 1.97. The predicted molar refractivity (Wildman–Crippen MR) is 85.4 cm³/mol. The van der Waals surface area contributed by atoms with Crippen molar-refractivity contribution in [1.29, 1.82) is 0 Å². The van der Waals surface area contributed by atoms with Crippen molar-refractivity contribution < 1.29 is 13.2 Å². The summed E-state index contributed by atoms with van der Waals surface area (Å²) >= 11 is 0. The Morgan fingerprint density at radius 2 is 2.04 bits per heavy atom. The highest BCUT2D eigenvalue weighted by Gasteiger charge is 2.16. The zero-order valence-corrected chi connectivity index (χ0v) is 13.5. The van der Waals surface area contributed by atoms with Gasteiger partial charge in [0.2, 0.25) is 5.88 Å². The highest BCUT2D eigenvalue weighted by molar-refractivity contribution is 7.92. The maximum atomic E-state index is 12.5. The number of rotatable bonds is 6. The number of nitrogens with zero attached hydrogens (tertiary/aromatic N) is 5. The molecule has 0 bridgehead atoms. The number of tetrazole rings is 1. The van der Waals surface area contributed by atoms with E-state index in [1.807, 2.05) is 6.92 Å². The first kappa shape index (κ1) is 15.9. The Morgan fingerprint density at radius 3 is 2.79 bits per heavy atom. The number of hydrogen-bond acceptors (Lipinski definition) is 7. The summed E-state index contributed by atoms with van der Waals surface area (Å²) in [6, 6.07) is 11.1. The van der Waals surface area contributed by atoms with Crippen LogP contribution < -0.4 is 9.46 Å². The average Bonchev–Trinajstić information content (AvgIpc) is 3.10. The van der Waals surface area contributed by atoms with Crippen molar-refractivity contribution in [1.82, 2.24) is 25.2 Å². The van der Waals surface area contributed by atoms with Gasteiger partial charge in [0.1, 0.15) is 12.1 Å². The zero-order valence-electron chi connectivity index (χ0n) is 12.7. The summed E-state index contributed by atoms with van der Waals surface area (Å²) in [4.78, 5) is 4.16. The molecule has 1 aromatic carbocycles. The zero-order chi connectivity index (χ0) is 17.0. The van der Waals surface area contributed by atoms with Gasteiger partial charge in [0, 0.05) is 6.07 Å². The lowest BCUT2D eigenvalue weighted by molar-refractivity contribution is 0.327. The summed E-state index contributed by atoms with van der Waals surface area (Å²) in [5.74, 6) is 0.522. The number of pyridine rings is 1. The van der Waals surface area contributed by atoms with E-state index in [1.165, 1.54) is 23.1 Å². The van der Waals surface area contributed by atoms with Crippen LogP contribution in [0, 0.1) is 0 Å². The third-order valence-electron chi connectivity index (χ3n) is 3.00. The largest absolute Gasteiger partial charge is 0.478 e. The number of ether oxygens (including phenoxy) is 1. The second-order valence-corrected chi connectivity index (χ2v) is 6.33. The number of hydrogen-bond donors (Lipinski definition) is 1. The van der Waals surface area contributed by atoms with Crippen molar-refractivity contribution in [2.75, 3.05) is 11.3 Å². The molecule has 3 rings (SSSR count). The molecule has 0 fully saturated rings. The summed E-state index contributed by atoms with van der Waals surface area (Å²) in [7, 11) is -3.81. The standard InChI is InChI=1S/C14H14N6O3S/c1-2-23-14-8-4-7-13(16-14)17-24(21,22)12-6-3-5-11(9-12)20-10-15-18-19-20/h3-10H,2H2,1H3,(H,16,17). The SMILES string of the molecule is CCOc1cccc(NS(=O)(=O)c2cccc(-n3cnnn3)c2)n1. The summed E-state index contributed by atoms with van der Waals surface area (Å²) in [5.41, 5.74) is 0.527. The summed E-state index contributed by atoms with van der Waals surface area (Å²) < 4.78 is 34.1. The molecule has 3 aromatic rings. The maximum absolute atomic E-state index is 12.5. The Bertz CT molecular complexity index is 927. The van der Waals surface area contributed by atoms with Crippen molar-refractivity contribution >= 4 is 15.8 Å². The van der Waals surface area contributed by atoms with E-state index >= 15 is 0 Å². The van der Waals surface area contributed by atoms with Gasteiger partial charge in [-0.15, -0.1) is 5.10 Å². The highest BCUT2D eigenvalue weighted by atomic mass is 32.2. The van der Waals surface area contributed by atoms with E-state index in [1.54, 1.807) is 30.3 Å². The maximum Gasteiger partial charge on any atom is 0.263 e. The van der Waals surface area contributed by atoms with Gasteiger partial charge < -0.3 is 4.74 Å². The van der Waals surface area contributed by atoms with Crippen LogP contribution in [0.3, 0.4) is 0 Å². The second kappa shape index (κ2) is 6.62. The molecule has 10 heteroatoms. The van der Waals surface area contributed by atoms with E-state index in [4.69, 9.17) is 4.74 Å². The van der Waals surface area contributed by atoms with Gasteiger partial charge >= 0.3 is 0 Å². The van der Waals surface area contributed by atoms with Gasteiger partial charge in [-0.25, -0.2) is 13.1 Å². The molecule has 0 saturated carbocycles. The molecule has 0 amide bonds. The van der Waals surface area contributed by atoms with Crippen LogP contribution in [0.15, 0.2) is 53.7 Å². The minimum atomic E-state index is -3.81. The normalized spacial score (nSPS) is 11.2. The minimum Gasteiger partial charge on any atom is -0.478 e. The molecule has 2 heterocycles. The van der Waals surface area contributed by atoms with Crippen LogP contribution in [0.5, 0.6) is 5.88 Å². The van der Waals surface area contributed by atoms with Gasteiger partial charge in [0.15, 0.2) is 0 Å². The van der Waals surface area contributed by atoms with Gasteiger partial charge in [-0.2, -0.15) is 4.98 Å². The van der Waals surface area contributed by atoms with Crippen LogP contribution in [-0.2, 0) is 10.0 Å². The van der Waals surface area contributed by atoms with E-state index in [0.29, 0.717) is 18.2 Å². The molecule has 24 heavy (non-hydrogen) atoms. The lowest BCUT2D eigenvalue weighted by atomic mass is 10.3. The summed E-state index contributed by atoms with van der Waals surface area (Å²) in [6.45, 7) is 2.26. The van der Waals surface area contributed by atoms with Gasteiger partial charge in [0.25, 0.3) is 10.0 Å². The molecule has 124 valence electrons. The highest BCUT2D eigenvalue weighted by Crippen LogP contribution is 2.19. The lowest BCUT2D eigenvalue weighted by Crippen LogP contribution is -2.14. The Kier molecular flexibility index (Phi) is 4.38. The quantitative estimate of drug-likeness (QED) is 0.715. The molecule has 9 nitrogen and oxygen atoms in total. The fourth-order valence-corrected chi connectivity index (χ4v) is 3.01. The van der Waals surface area contributed by atoms with Crippen molar-refractivity contribution in [3.63, 3.8) is 0 Å². The number of benzene rings is 1. The molecule has 0 saturated heterocycles. The molecule has 0 radical (unpaired) electrons. The Hall–Kier alpha value is -3.01. The van der Waals surface area contributed by atoms with Crippen LogP contribution in [0.2, 0.25) is 0 Å². The van der Waals surface area contributed by atoms with Crippen molar-refractivity contribution in [2.24, 2.45) is 0 Å². The van der Waals surface area contributed by atoms with Crippen LogP contribution in [0.1, 0.15) is 6.92 Å². The Morgan fingerprint density at radius 1 is 1.21 bits per heavy atom. The predicted octanol–water partition coefficient (Wildman–Crippen LogP) is 1.26. The van der Waals surface area contributed by atoms with Gasteiger partial charge in [-0.1, -0.05) is 12.1 Å². The van der Waals surface area contributed by atoms with Crippen LogP contribution >= 0.6 is 0 Å². The number of nitrogens with one attached hydrogen (secondary N) is 1. The monoisotopic (exact) mass is 346 g/mol. The van der Waals surface area contributed by atoms with Gasteiger partial charge in [-0.3, -0.25) is 4.72 Å². The van der Waals surface area contributed by atoms with Crippen LogP contribution in [0.4, 0.5) is 5.82 Å². The first-order chi connectivity index (χ1) is 11.6. The molecule has 0 atom stereocenters. The van der Waals surface area contributed by atoms with Crippen LogP contribution in [-0.4, -0.2) is 40.2 Å². The Labute approximate surface area is 138 Å². The fraction of sp³-hybridized carbons (Fsp3) is 0.143. The third-order valence-corrected chi connectivity index (χ3v) is 4.35. The molecular weight excluding hydrogens is 332 g/mol. The molecule has 0 aliphatic carbocycles. The Balaban J connectivity index is 1.88. The van der Waals surface area contributed by atoms with Crippen LogP contribution in [0.25, 0.3) is 5.69 Å². The molecule has 2 aromatic heterocycles. The first-order valence-electron chi connectivity index (χ1n) is 7.04. The number of aromatic nitrogens is 5. The molecule has 0 aliphatic heterocycles. The van der Waals surface area contributed by atoms with Crippen molar-refractivity contribution in [3.8, 4) is 11.6 Å². The van der Waals surface area contributed by atoms with E-state index in [0.717, 1.165) is 0 Å². The summed E-state index contributed by atoms with van der Waals surface area (Å²) in [6.07, 6.45) is 1.38. The van der Waals surface area contributed by atoms with Crippen molar-refractivity contribution in [2.45, 2.75) is 11.8 Å². The molecule has 1 N–H and O–H groups in total. The first-order valence-corrected chi connectivity index (χ1v) is 8.53. The summed E-state index contributed by atoms with van der Waals surface area (Å²) in [5, 5.41) is 10.8. The molecule has 0 spiro atoms. The van der Waals surface area contributed by atoms with Crippen molar-refractivity contribution in [3.05, 3.63) is 48.8 Å². The minimum absolute atomic E-state index is 0.0686. The average molecular weight is 346 g/mol.